The van der Waals surface area contributed by atoms with Gasteiger partial charge in [0.05, 0.1) is 17.8 Å². The normalized spacial score (nSPS) is 20.3. The van der Waals surface area contributed by atoms with Crippen molar-refractivity contribution >= 4 is 21.7 Å². The van der Waals surface area contributed by atoms with Gasteiger partial charge in [0.1, 0.15) is 0 Å². The summed E-state index contributed by atoms with van der Waals surface area (Å²) in [4.78, 5) is 26.0. The molecule has 8 nitrogen and oxygen atoms in total. The molecular weight excluding hydrogens is 298 g/mol. The van der Waals surface area contributed by atoms with Gasteiger partial charge in [0.25, 0.3) is 0 Å². The molecule has 1 aromatic heterocycles. The van der Waals surface area contributed by atoms with E-state index < -0.39 is 15.8 Å². The molecule has 0 aliphatic carbocycles. The Morgan fingerprint density at radius 3 is 2.81 bits per heavy atom. The quantitative estimate of drug-likeness (QED) is 0.732. The molecule has 1 saturated heterocycles. The first-order valence-electron chi connectivity index (χ1n) is 6.58. The van der Waals surface area contributed by atoms with Crippen molar-refractivity contribution in [3.63, 3.8) is 0 Å². The third kappa shape index (κ3) is 4.55. The van der Waals surface area contributed by atoms with E-state index in [-0.39, 0.29) is 35.4 Å². The van der Waals surface area contributed by atoms with Crippen LogP contribution in [0, 0.1) is 5.92 Å². The van der Waals surface area contributed by atoms with Gasteiger partial charge in [0, 0.05) is 25.7 Å². The van der Waals surface area contributed by atoms with Crippen molar-refractivity contribution in [2.75, 3.05) is 18.1 Å². The van der Waals surface area contributed by atoms with Crippen LogP contribution in [-0.2, 0) is 21.2 Å². The largest absolute Gasteiger partial charge is 0.476 e. The summed E-state index contributed by atoms with van der Waals surface area (Å²) >= 11 is 0. The summed E-state index contributed by atoms with van der Waals surface area (Å²) in [5, 5.41) is 11.4. The number of carboxylic acids is 1. The summed E-state index contributed by atoms with van der Waals surface area (Å²) in [6.07, 6.45) is 3.53. The predicted octanol–water partition coefficient (Wildman–Crippen LogP) is -0.478. The summed E-state index contributed by atoms with van der Waals surface area (Å²) in [5.74, 6) is -1.13. The first kappa shape index (κ1) is 15.5. The van der Waals surface area contributed by atoms with Gasteiger partial charge in [-0.1, -0.05) is 0 Å². The molecule has 9 heteroatoms. The van der Waals surface area contributed by atoms with Crippen LogP contribution in [0.1, 0.15) is 23.3 Å². The van der Waals surface area contributed by atoms with Gasteiger partial charge in [-0.3, -0.25) is 4.79 Å². The lowest BCUT2D eigenvalue weighted by molar-refractivity contribution is -0.121. The maximum atomic E-state index is 11.7. The van der Waals surface area contributed by atoms with Gasteiger partial charge >= 0.3 is 5.97 Å². The number of imidazole rings is 1. The van der Waals surface area contributed by atoms with Crippen LogP contribution in [0.2, 0.25) is 0 Å². The molecule has 0 aromatic carbocycles. The molecule has 1 aromatic rings. The lowest BCUT2D eigenvalue weighted by Crippen LogP contribution is -2.28. The van der Waals surface area contributed by atoms with Gasteiger partial charge in [-0.05, 0) is 12.3 Å². The molecule has 1 unspecified atom stereocenters. The molecule has 1 fully saturated rings. The van der Waals surface area contributed by atoms with Crippen LogP contribution in [0.5, 0.6) is 0 Å². The first-order chi connectivity index (χ1) is 9.85. The molecule has 2 N–H and O–H groups in total. The second kappa shape index (κ2) is 6.25. The second-order valence-corrected chi connectivity index (χ2v) is 7.35. The standard InChI is InChI=1S/C12H17N3O5S/c16-11(5-9-1-4-21(19,20)7-9)13-2-3-15-6-10(12(17)18)14-8-15/h6,8-9H,1-5,7H2,(H,13,16)(H,17,18). The van der Waals surface area contributed by atoms with Gasteiger partial charge in [0.2, 0.25) is 5.91 Å². The Balaban J connectivity index is 1.70. The molecule has 0 saturated carbocycles. The first-order valence-corrected chi connectivity index (χ1v) is 8.40. The van der Waals surface area contributed by atoms with Gasteiger partial charge in [0.15, 0.2) is 15.5 Å². The van der Waals surface area contributed by atoms with Crippen molar-refractivity contribution in [3.05, 3.63) is 18.2 Å². The Labute approximate surface area is 122 Å². The Morgan fingerprint density at radius 2 is 2.24 bits per heavy atom. The van der Waals surface area contributed by atoms with E-state index in [2.05, 4.69) is 10.3 Å². The van der Waals surface area contributed by atoms with Crippen LogP contribution in [-0.4, -0.2) is 53.0 Å². The highest BCUT2D eigenvalue weighted by Crippen LogP contribution is 2.21. The summed E-state index contributed by atoms with van der Waals surface area (Å²) < 4.78 is 24.2. The van der Waals surface area contributed by atoms with Crippen LogP contribution < -0.4 is 5.32 Å². The maximum absolute atomic E-state index is 11.7. The Morgan fingerprint density at radius 1 is 1.48 bits per heavy atom. The van der Waals surface area contributed by atoms with E-state index in [4.69, 9.17) is 5.11 Å². The zero-order chi connectivity index (χ0) is 15.5. The highest BCUT2D eigenvalue weighted by molar-refractivity contribution is 7.91. The minimum absolute atomic E-state index is 0.0440. The molecule has 1 amide bonds. The van der Waals surface area contributed by atoms with Crippen LogP contribution in [0.15, 0.2) is 12.5 Å². The molecule has 2 rings (SSSR count). The van der Waals surface area contributed by atoms with Crippen molar-refractivity contribution in [2.45, 2.75) is 19.4 Å². The van der Waals surface area contributed by atoms with Gasteiger partial charge in [-0.2, -0.15) is 0 Å². The minimum Gasteiger partial charge on any atom is -0.476 e. The van der Waals surface area contributed by atoms with Crippen molar-refractivity contribution in [1.29, 1.82) is 0 Å². The predicted molar refractivity (Wildman–Crippen MR) is 73.6 cm³/mol. The number of carbonyl (C=O) groups is 2. The number of nitrogens with zero attached hydrogens (tertiary/aromatic N) is 2. The molecule has 1 atom stereocenters. The van der Waals surface area contributed by atoms with E-state index in [9.17, 15) is 18.0 Å². The topological polar surface area (TPSA) is 118 Å². The Kier molecular flexibility index (Phi) is 4.61. The number of rotatable bonds is 6. The zero-order valence-corrected chi connectivity index (χ0v) is 12.2. The summed E-state index contributed by atoms with van der Waals surface area (Å²) in [6, 6.07) is 0. The molecule has 2 heterocycles. The lowest BCUT2D eigenvalue weighted by atomic mass is 10.1. The fourth-order valence-electron chi connectivity index (χ4n) is 2.28. The van der Waals surface area contributed by atoms with Gasteiger partial charge < -0.3 is 15.0 Å². The van der Waals surface area contributed by atoms with Crippen LogP contribution in [0.4, 0.5) is 0 Å². The van der Waals surface area contributed by atoms with E-state index in [1.165, 1.54) is 12.5 Å². The van der Waals surface area contributed by atoms with E-state index in [0.29, 0.717) is 19.5 Å². The van der Waals surface area contributed by atoms with Crippen molar-refractivity contribution in [1.82, 2.24) is 14.9 Å². The summed E-state index contributed by atoms with van der Waals surface area (Å²) in [7, 11) is -2.96. The molecular formula is C12H17N3O5S. The highest BCUT2D eigenvalue weighted by atomic mass is 32.2. The number of aromatic carboxylic acids is 1. The second-order valence-electron chi connectivity index (χ2n) is 5.13. The molecule has 0 spiro atoms. The monoisotopic (exact) mass is 315 g/mol. The average Bonchev–Trinajstić information content (AvgIpc) is 2.96. The highest BCUT2D eigenvalue weighted by Gasteiger charge is 2.29. The number of carboxylic acid groups (broad SMARTS) is 1. The Bertz CT molecular complexity index is 637. The third-order valence-corrected chi connectivity index (χ3v) is 5.18. The molecule has 21 heavy (non-hydrogen) atoms. The van der Waals surface area contributed by atoms with E-state index >= 15 is 0 Å². The smallest absolute Gasteiger partial charge is 0.356 e. The van der Waals surface area contributed by atoms with Crippen LogP contribution in [0.25, 0.3) is 0 Å². The Hall–Kier alpha value is -1.90. The van der Waals surface area contributed by atoms with Crippen LogP contribution >= 0.6 is 0 Å². The number of nitrogens with one attached hydrogen (secondary N) is 1. The molecule has 0 radical (unpaired) electrons. The van der Waals surface area contributed by atoms with E-state index in [1.54, 1.807) is 4.57 Å². The number of sulfone groups is 1. The zero-order valence-electron chi connectivity index (χ0n) is 11.4. The van der Waals surface area contributed by atoms with Crippen molar-refractivity contribution < 1.29 is 23.1 Å². The molecule has 1 aliphatic heterocycles. The van der Waals surface area contributed by atoms with E-state index in [0.717, 1.165) is 0 Å². The van der Waals surface area contributed by atoms with Gasteiger partial charge in [-0.15, -0.1) is 0 Å². The SMILES string of the molecule is O=C(CC1CCS(=O)(=O)C1)NCCn1cnc(C(=O)O)c1. The van der Waals surface area contributed by atoms with Crippen molar-refractivity contribution in [2.24, 2.45) is 5.92 Å². The number of carbonyl (C=O) groups excluding carboxylic acids is 1. The van der Waals surface area contributed by atoms with Gasteiger partial charge in [-0.25, -0.2) is 18.2 Å². The number of aromatic nitrogens is 2. The number of amides is 1. The minimum atomic E-state index is -2.96. The maximum Gasteiger partial charge on any atom is 0.356 e. The number of hydrogen-bond donors (Lipinski definition) is 2. The molecule has 116 valence electrons. The van der Waals surface area contributed by atoms with Crippen molar-refractivity contribution in [3.8, 4) is 0 Å². The fourth-order valence-corrected chi connectivity index (χ4v) is 4.15. The number of hydrogen-bond acceptors (Lipinski definition) is 5. The molecule has 0 bridgehead atoms. The van der Waals surface area contributed by atoms with E-state index in [1.807, 2.05) is 0 Å². The summed E-state index contributed by atoms with van der Waals surface area (Å²) in [6.45, 7) is 0.753. The molecule has 1 aliphatic rings. The lowest BCUT2D eigenvalue weighted by Gasteiger charge is -2.08. The third-order valence-electron chi connectivity index (χ3n) is 3.35. The summed E-state index contributed by atoms with van der Waals surface area (Å²) in [5.41, 5.74) is -0.0440. The average molecular weight is 315 g/mol. The fraction of sp³-hybridized carbons (Fsp3) is 0.583. The van der Waals surface area contributed by atoms with Crippen LogP contribution in [0.3, 0.4) is 0 Å².